The van der Waals surface area contributed by atoms with E-state index in [4.69, 9.17) is 15.2 Å². The van der Waals surface area contributed by atoms with Crippen molar-refractivity contribution in [1.82, 2.24) is 0 Å². The second-order valence-electron chi connectivity index (χ2n) is 8.87. The molecule has 0 unspecified atom stereocenters. The molecule has 0 saturated heterocycles. The number of rotatable bonds is 3. The molecule has 0 fully saturated rings. The first-order chi connectivity index (χ1) is 17.2. The average Bonchev–Trinajstić information content (AvgIpc) is 3.08. The van der Waals surface area contributed by atoms with Crippen LogP contribution in [0.5, 0.6) is 0 Å². The Labute approximate surface area is 206 Å². The van der Waals surface area contributed by atoms with E-state index in [0.717, 1.165) is 10.5 Å². The lowest BCUT2D eigenvalue weighted by atomic mass is 9.63. The van der Waals surface area contributed by atoms with Crippen molar-refractivity contribution in [3.63, 3.8) is 0 Å². The summed E-state index contributed by atoms with van der Waals surface area (Å²) in [6, 6.07) is 12.3. The van der Waals surface area contributed by atoms with Crippen LogP contribution in [0, 0.1) is 5.82 Å². The Morgan fingerprint density at radius 2 is 1.83 bits per heavy atom. The number of allylic oxidation sites excluding steroid dienone is 1. The molecule has 3 aliphatic rings. The monoisotopic (exact) mass is 490 g/mol. The van der Waals surface area contributed by atoms with Crippen LogP contribution in [0.15, 0.2) is 71.3 Å². The third kappa shape index (κ3) is 3.19. The maximum absolute atomic E-state index is 14.2. The number of carbonyl (C=O) groups excluding carboxylic acids is 4. The molecule has 2 atom stereocenters. The Balaban J connectivity index is 1.77. The van der Waals surface area contributed by atoms with E-state index < -0.39 is 34.8 Å². The highest BCUT2D eigenvalue weighted by Gasteiger charge is 2.65. The highest BCUT2D eigenvalue weighted by molar-refractivity contribution is 6.30. The quantitative estimate of drug-likeness (QED) is 0.657. The molecule has 2 aromatic carbocycles. The normalized spacial score (nSPS) is 23.0. The van der Waals surface area contributed by atoms with Crippen LogP contribution >= 0.6 is 0 Å². The molecular weight excluding hydrogens is 467 g/mol. The lowest BCUT2D eigenvalue weighted by molar-refractivity contribution is -0.141. The molecule has 1 aliphatic carbocycles. The molecule has 184 valence electrons. The van der Waals surface area contributed by atoms with Gasteiger partial charge in [0.1, 0.15) is 22.6 Å². The van der Waals surface area contributed by atoms with Crippen molar-refractivity contribution in [3.8, 4) is 0 Å². The highest BCUT2D eigenvalue weighted by atomic mass is 19.1. The molecule has 0 aromatic heterocycles. The SMILES string of the molecule is CCOC(=O)C1=C(N)OC2=C(C(=O)C[C@H](c3ccc(F)cc3)C2)[C@@]12C(=O)N(C(C)=O)c1ccccc12. The number of hydrogen-bond donors (Lipinski definition) is 1. The van der Waals surface area contributed by atoms with Crippen molar-refractivity contribution in [2.45, 2.75) is 38.0 Å². The summed E-state index contributed by atoms with van der Waals surface area (Å²) >= 11 is 0. The Morgan fingerprint density at radius 3 is 2.50 bits per heavy atom. The molecule has 0 radical (unpaired) electrons. The largest absolute Gasteiger partial charge is 0.462 e. The third-order valence-electron chi connectivity index (χ3n) is 6.86. The van der Waals surface area contributed by atoms with E-state index >= 15 is 0 Å². The zero-order valence-corrected chi connectivity index (χ0v) is 19.7. The first-order valence-corrected chi connectivity index (χ1v) is 11.5. The summed E-state index contributed by atoms with van der Waals surface area (Å²) in [5.74, 6) is -3.71. The second-order valence-corrected chi connectivity index (χ2v) is 8.87. The van der Waals surface area contributed by atoms with Crippen LogP contribution in [-0.2, 0) is 34.1 Å². The molecule has 9 heteroatoms. The van der Waals surface area contributed by atoms with Crippen molar-refractivity contribution in [2.75, 3.05) is 11.5 Å². The fraction of sp³-hybridized carbons (Fsp3) is 0.259. The highest BCUT2D eigenvalue weighted by Crippen LogP contribution is 2.57. The summed E-state index contributed by atoms with van der Waals surface area (Å²) in [7, 11) is 0. The molecule has 2 aliphatic heterocycles. The molecule has 2 heterocycles. The number of para-hydroxylation sites is 1. The van der Waals surface area contributed by atoms with Gasteiger partial charge in [0.25, 0.3) is 5.91 Å². The Morgan fingerprint density at radius 1 is 1.14 bits per heavy atom. The van der Waals surface area contributed by atoms with Gasteiger partial charge in [-0.1, -0.05) is 30.3 Å². The number of nitrogens with two attached hydrogens (primary N) is 1. The van der Waals surface area contributed by atoms with Crippen LogP contribution in [0.2, 0.25) is 0 Å². The number of nitrogens with zero attached hydrogens (tertiary/aromatic N) is 1. The number of amides is 2. The molecule has 2 aromatic rings. The van der Waals surface area contributed by atoms with Crippen molar-refractivity contribution >= 4 is 29.3 Å². The molecule has 1 spiro atoms. The number of halogens is 1. The number of esters is 1. The molecule has 8 nitrogen and oxygen atoms in total. The number of ether oxygens (including phenoxy) is 2. The van der Waals surface area contributed by atoms with Gasteiger partial charge in [0.2, 0.25) is 11.8 Å². The van der Waals surface area contributed by atoms with Gasteiger partial charge in [0.05, 0.1) is 17.9 Å². The fourth-order valence-corrected chi connectivity index (χ4v) is 5.49. The summed E-state index contributed by atoms with van der Waals surface area (Å²) in [6.45, 7) is 2.82. The Bertz CT molecular complexity index is 1390. The van der Waals surface area contributed by atoms with Crippen molar-refractivity contribution in [2.24, 2.45) is 5.73 Å². The van der Waals surface area contributed by atoms with Crippen LogP contribution in [0.3, 0.4) is 0 Å². The van der Waals surface area contributed by atoms with Gasteiger partial charge in [-0.2, -0.15) is 0 Å². The molecule has 2 amide bonds. The van der Waals surface area contributed by atoms with Crippen LogP contribution in [-0.4, -0.2) is 30.2 Å². The minimum Gasteiger partial charge on any atom is -0.462 e. The maximum Gasteiger partial charge on any atom is 0.341 e. The number of hydrogen-bond acceptors (Lipinski definition) is 7. The summed E-state index contributed by atoms with van der Waals surface area (Å²) in [6.07, 6.45) is 0.169. The first-order valence-electron chi connectivity index (χ1n) is 11.5. The van der Waals surface area contributed by atoms with Crippen LogP contribution in [0.25, 0.3) is 0 Å². The standard InChI is InChI=1S/C27H23FN2O6/c1-3-35-25(33)23-24(29)36-21-13-16(15-8-10-17(28)11-9-15)12-20(32)22(21)27(23)18-6-4-5-7-19(18)30(14(2)31)26(27)34/h4-11,16H,3,12-13,29H2,1-2H3/t16-,27+/m0/s1. The molecule has 5 rings (SSSR count). The van der Waals surface area contributed by atoms with Gasteiger partial charge in [-0.3, -0.25) is 14.4 Å². The van der Waals surface area contributed by atoms with E-state index in [2.05, 4.69) is 0 Å². The van der Waals surface area contributed by atoms with E-state index in [-0.39, 0.29) is 59.4 Å². The predicted molar refractivity (Wildman–Crippen MR) is 126 cm³/mol. The summed E-state index contributed by atoms with van der Waals surface area (Å²) < 4.78 is 24.6. The van der Waals surface area contributed by atoms with Gasteiger partial charge in [-0.25, -0.2) is 14.1 Å². The van der Waals surface area contributed by atoms with Gasteiger partial charge in [0.15, 0.2) is 5.78 Å². The molecular formula is C27H23FN2O6. The van der Waals surface area contributed by atoms with Crippen molar-refractivity contribution in [3.05, 3.63) is 88.3 Å². The number of anilines is 1. The minimum atomic E-state index is -1.99. The lowest BCUT2D eigenvalue weighted by Gasteiger charge is -2.40. The van der Waals surface area contributed by atoms with Gasteiger partial charge >= 0.3 is 5.97 Å². The minimum absolute atomic E-state index is 0.00948. The van der Waals surface area contributed by atoms with Gasteiger partial charge in [-0.05, 0) is 36.6 Å². The molecule has 0 saturated carbocycles. The molecule has 2 N–H and O–H groups in total. The van der Waals surface area contributed by atoms with E-state index in [9.17, 15) is 23.6 Å². The Hall–Kier alpha value is -4.27. The topological polar surface area (TPSA) is 116 Å². The van der Waals surface area contributed by atoms with E-state index in [1.807, 2.05) is 0 Å². The summed E-state index contributed by atoms with van der Waals surface area (Å²) in [4.78, 5) is 54.8. The second kappa shape index (κ2) is 8.44. The average molecular weight is 490 g/mol. The number of Topliss-reactive ketones (excluding diaryl/α,β-unsaturated/α-hetero) is 1. The Kier molecular flexibility index (Phi) is 5.50. The number of carbonyl (C=O) groups is 4. The number of benzene rings is 2. The number of ketones is 1. The fourth-order valence-electron chi connectivity index (χ4n) is 5.49. The van der Waals surface area contributed by atoms with Crippen LogP contribution in [0.4, 0.5) is 10.1 Å². The number of imide groups is 1. The van der Waals surface area contributed by atoms with E-state index in [1.54, 1.807) is 43.3 Å². The third-order valence-corrected chi connectivity index (χ3v) is 6.86. The first kappa shape index (κ1) is 23.5. The van der Waals surface area contributed by atoms with E-state index in [0.29, 0.717) is 0 Å². The number of fused-ring (bicyclic) bond motifs is 3. The van der Waals surface area contributed by atoms with E-state index in [1.165, 1.54) is 19.1 Å². The zero-order valence-electron chi connectivity index (χ0n) is 19.7. The van der Waals surface area contributed by atoms with Crippen molar-refractivity contribution in [1.29, 1.82) is 0 Å². The summed E-state index contributed by atoms with van der Waals surface area (Å²) in [5.41, 5.74) is 5.18. The summed E-state index contributed by atoms with van der Waals surface area (Å²) in [5, 5.41) is 0. The predicted octanol–water partition coefficient (Wildman–Crippen LogP) is 3.12. The van der Waals surface area contributed by atoms with Gasteiger partial charge in [0, 0.05) is 25.3 Å². The molecule has 0 bridgehead atoms. The van der Waals surface area contributed by atoms with Gasteiger partial charge in [-0.15, -0.1) is 0 Å². The lowest BCUT2D eigenvalue weighted by Crippen LogP contribution is -2.52. The molecule has 36 heavy (non-hydrogen) atoms. The van der Waals surface area contributed by atoms with Crippen LogP contribution < -0.4 is 10.6 Å². The smallest absolute Gasteiger partial charge is 0.341 e. The van der Waals surface area contributed by atoms with Gasteiger partial charge < -0.3 is 15.2 Å². The van der Waals surface area contributed by atoms with Crippen LogP contribution in [0.1, 0.15) is 43.7 Å². The van der Waals surface area contributed by atoms with Crippen molar-refractivity contribution < 1.29 is 33.0 Å². The maximum atomic E-state index is 14.2. The zero-order chi connectivity index (χ0) is 25.8.